The fraction of sp³-hybridized carbons (Fsp3) is 0.222. The Hall–Kier alpha value is -2.91. The van der Waals surface area contributed by atoms with Crippen LogP contribution in [0.4, 0.5) is 5.82 Å². The van der Waals surface area contributed by atoms with Crippen LogP contribution in [0, 0.1) is 17.2 Å². The lowest BCUT2D eigenvalue weighted by Crippen LogP contribution is -2.14. The number of hydrogen-bond donors (Lipinski definition) is 1. The average Bonchev–Trinajstić information content (AvgIpc) is 3.36. The number of halogens is 1. The Morgan fingerprint density at radius 2 is 2.20 bits per heavy atom. The minimum atomic E-state index is -0.000857. The molecule has 0 spiro atoms. The molecular formula is C18H14ClN5O. The second-order valence-electron chi connectivity index (χ2n) is 6.18. The molecule has 1 N–H and O–H groups in total. The molecule has 0 atom stereocenters. The van der Waals surface area contributed by atoms with Gasteiger partial charge in [0.2, 0.25) is 5.91 Å². The minimum absolute atomic E-state index is 0.000857. The van der Waals surface area contributed by atoms with Crippen LogP contribution in [0.1, 0.15) is 18.4 Å². The van der Waals surface area contributed by atoms with Gasteiger partial charge in [0.25, 0.3) is 0 Å². The Morgan fingerprint density at radius 1 is 1.40 bits per heavy atom. The van der Waals surface area contributed by atoms with Crippen LogP contribution in [-0.2, 0) is 11.8 Å². The van der Waals surface area contributed by atoms with E-state index in [0.29, 0.717) is 27.4 Å². The monoisotopic (exact) mass is 351 g/mol. The molecule has 1 amide bonds. The molecule has 1 fully saturated rings. The van der Waals surface area contributed by atoms with Crippen LogP contribution in [0.3, 0.4) is 0 Å². The SMILES string of the molecule is Cn1cc(-c2cc3cc(NC(=O)C4CC4)ncc3c(Cl)c2C#N)cn1. The molecule has 0 bridgehead atoms. The van der Waals surface area contributed by atoms with E-state index in [1.54, 1.807) is 23.1 Å². The fourth-order valence-corrected chi connectivity index (χ4v) is 3.10. The second-order valence-corrected chi connectivity index (χ2v) is 6.56. The third-order valence-electron chi connectivity index (χ3n) is 4.29. The van der Waals surface area contributed by atoms with Crippen LogP contribution in [0.2, 0.25) is 5.02 Å². The number of nitrogens with one attached hydrogen (secondary N) is 1. The van der Waals surface area contributed by atoms with Crippen molar-refractivity contribution in [1.82, 2.24) is 14.8 Å². The quantitative estimate of drug-likeness (QED) is 0.782. The smallest absolute Gasteiger partial charge is 0.228 e. The van der Waals surface area contributed by atoms with E-state index in [4.69, 9.17) is 11.6 Å². The number of aryl methyl sites for hydroxylation is 1. The maximum absolute atomic E-state index is 11.9. The van der Waals surface area contributed by atoms with Gasteiger partial charge >= 0.3 is 0 Å². The van der Waals surface area contributed by atoms with Crippen molar-refractivity contribution in [3.63, 3.8) is 0 Å². The lowest BCUT2D eigenvalue weighted by Gasteiger charge is -2.10. The highest BCUT2D eigenvalue weighted by atomic mass is 35.5. The number of anilines is 1. The molecule has 2 heterocycles. The van der Waals surface area contributed by atoms with Crippen molar-refractivity contribution < 1.29 is 4.79 Å². The third-order valence-corrected chi connectivity index (χ3v) is 4.68. The van der Waals surface area contributed by atoms with E-state index in [0.717, 1.165) is 23.8 Å². The van der Waals surface area contributed by atoms with Crippen molar-refractivity contribution in [1.29, 1.82) is 5.26 Å². The molecule has 1 aliphatic rings. The van der Waals surface area contributed by atoms with Crippen LogP contribution < -0.4 is 5.32 Å². The second kappa shape index (κ2) is 5.87. The summed E-state index contributed by atoms with van der Waals surface area (Å²) < 4.78 is 1.67. The van der Waals surface area contributed by atoms with Gasteiger partial charge < -0.3 is 5.32 Å². The van der Waals surface area contributed by atoms with Gasteiger partial charge in [-0.2, -0.15) is 10.4 Å². The molecular weight excluding hydrogens is 338 g/mol. The zero-order valence-corrected chi connectivity index (χ0v) is 14.2. The highest BCUT2D eigenvalue weighted by Crippen LogP contribution is 2.36. The molecule has 1 aromatic carbocycles. The summed E-state index contributed by atoms with van der Waals surface area (Å²) in [7, 11) is 1.81. The Kier molecular flexibility index (Phi) is 3.66. The first-order valence-corrected chi connectivity index (χ1v) is 8.27. The van der Waals surface area contributed by atoms with E-state index in [1.165, 1.54) is 0 Å². The molecule has 0 radical (unpaired) electrons. The lowest BCUT2D eigenvalue weighted by molar-refractivity contribution is -0.117. The van der Waals surface area contributed by atoms with Gasteiger partial charge in [-0.15, -0.1) is 0 Å². The van der Waals surface area contributed by atoms with Gasteiger partial charge in [0.15, 0.2) is 0 Å². The summed E-state index contributed by atoms with van der Waals surface area (Å²) in [6.45, 7) is 0. The van der Waals surface area contributed by atoms with E-state index in [9.17, 15) is 10.1 Å². The van der Waals surface area contributed by atoms with Crippen molar-refractivity contribution in [2.45, 2.75) is 12.8 Å². The van der Waals surface area contributed by atoms with Gasteiger partial charge in [-0.3, -0.25) is 9.48 Å². The molecule has 1 saturated carbocycles. The number of pyridine rings is 1. The van der Waals surface area contributed by atoms with Gasteiger partial charge in [-0.05, 0) is 30.4 Å². The number of carbonyl (C=O) groups is 1. The zero-order valence-electron chi connectivity index (χ0n) is 13.5. The Bertz CT molecular complexity index is 1050. The largest absolute Gasteiger partial charge is 0.310 e. The van der Waals surface area contributed by atoms with E-state index in [2.05, 4.69) is 21.5 Å². The molecule has 3 aromatic rings. The maximum Gasteiger partial charge on any atom is 0.228 e. The fourth-order valence-electron chi connectivity index (χ4n) is 2.79. The standard InChI is InChI=1S/C18H14ClN5O/c1-24-9-12(7-22-24)13-4-11-5-16(23-18(25)10-2-3-10)21-8-15(11)17(19)14(13)6-20/h4-5,7-10H,2-3H2,1H3,(H,21,23,25). The number of benzene rings is 1. The molecule has 0 unspecified atom stereocenters. The molecule has 124 valence electrons. The van der Waals surface area contributed by atoms with Crippen LogP contribution in [0.5, 0.6) is 0 Å². The normalized spacial score (nSPS) is 13.6. The van der Waals surface area contributed by atoms with E-state index in [1.807, 2.05) is 19.3 Å². The molecule has 25 heavy (non-hydrogen) atoms. The summed E-state index contributed by atoms with van der Waals surface area (Å²) in [5, 5.41) is 18.4. The van der Waals surface area contributed by atoms with E-state index in [-0.39, 0.29) is 11.8 Å². The Balaban J connectivity index is 1.84. The summed E-state index contributed by atoms with van der Waals surface area (Å²) in [5.74, 6) is 0.592. The van der Waals surface area contributed by atoms with Crippen molar-refractivity contribution in [2.75, 3.05) is 5.32 Å². The number of amides is 1. The van der Waals surface area contributed by atoms with Crippen LogP contribution in [0.25, 0.3) is 21.9 Å². The minimum Gasteiger partial charge on any atom is -0.310 e. The summed E-state index contributed by atoms with van der Waals surface area (Å²) in [6.07, 6.45) is 6.97. The number of nitrogens with zero attached hydrogens (tertiary/aromatic N) is 4. The number of rotatable bonds is 3. The van der Waals surface area contributed by atoms with Gasteiger partial charge in [-0.25, -0.2) is 4.98 Å². The van der Waals surface area contributed by atoms with Crippen LogP contribution in [-0.4, -0.2) is 20.7 Å². The van der Waals surface area contributed by atoms with Crippen molar-refractivity contribution in [3.05, 3.63) is 41.3 Å². The summed E-state index contributed by atoms with van der Waals surface area (Å²) >= 11 is 6.45. The van der Waals surface area contributed by atoms with Gasteiger partial charge in [-0.1, -0.05) is 11.6 Å². The predicted octanol–water partition coefficient (Wildman–Crippen LogP) is 3.51. The number of nitriles is 1. The van der Waals surface area contributed by atoms with Gasteiger partial charge in [0.1, 0.15) is 11.9 Å². The summed E-state index contributed by atoms with van der Waals surface area (Å²) in [6, 6.07) is 5.83. The lowest BCUT2D eigenvalue weighted by atomic mass is 9.98. The van der Waals surface area contributed by atoms with Crippen LogP contribution in [0.15, 0.2) is 30.7 Å². The predicted molar refractivity (Wildman–Crippen MR) is 95.0 cm³/mol. The maximum atomic E-state index is 11.9. The Labute approximate surface area is 149 Å². The molecule has 0 saturated heterocycles. The highest BCUT2D eigenvalue weighted by molar-refractivity contribution is 6.37. The number of fused-ring (bicyclic) bond motifs is 1. The first kappa shape index (κ1) is 15.6. The van der Waals surface area contributed by atoms with E-state index < -0.39 is 0 Å². The third kappa shape index (κ3) is 2.83. The molecule has 7 heteroatoms. The van der Waals surface area contributed by atoms with Crippen molar-refractivity contribution in [2.24, 2.45) is 13.0 Å². The summed E-state index contributed by atoms with van der Waals surface area (Å²) in [5.41, 5.74) is 1.90. The zero-order chi connectivity index (χ0) is 17.6. The molecule has 4 rings (SSSR count). The summed E-state index contributed by atoms with van der Waals surface area (Å²) in [4.78, 5) is 16.2. The van der Waals surface area contributed by atoms with Crippen molar-refractivity contribution >= 4 is 34.1 Å². The van der Waals surface area contributed by atoms with Crippen molar-refractivity contribution in [3.8, 4) is 17.2 Å². The highest BCUT2D eigenvalue weighted by Gasteiger charge is 2.29. The molecule has 1 aliphatic carbocycles. The van der Waals surface area contributed by atoms with Crippen LogP contribution >= 0.6 is 11.6 Å². The number of aromatic nitrogens is 3. The Morgan fingerprint density at radius 3 is 2.84 bits per heavy atom. The molecule has 0 aliphatic heterocycles. The molecule has 2 aromatic heterocycles. The topological polar surface area (TPSA) is 83.6 Å². The van der Waals surface area contributed by atoms with E-state index >= 15 is 0 Å². The average molecular weight is 352 g/mol. The number of carbonyl (C=O) groups excluding carboxylic acids is 1. The van der Waals surface area contributed by atoms with Gasteiger partial charge in [0.05, 0.1) is 16.8 Å². The first-order valence-electron chi connectivity index (χ1n) is 7.89. The number of hydrogen-bond acceptors (Lipinski definition) is 4. The van der Waals surface area contributed by atoms with Gasteiger partial charge in [0, 0.05) is 41.9 Å². The first-order chi connectivity index (χ1) is 12.1. The molecule has 6 nitrogen and oxygen atoms in total.